The number of allylic oxidation sites excluding steroid dienone is 2. The molecule has 3 rings (SSSR count). The maximum atomic E-state index is 11.4. The molecular formula is C10H14O. The van der Waals surface area contributed by atoms with Crippen LogP contribution < -0.4 is 0 Å². The highest BCUT2D eigenvalue weighted by Gasteiger charge is 2.54. The van der Waals surface area contributed by atoms with Crippen molar-refractivity contribution < 1.29 is 4.79 Å². The zero-order chi connectivity index (χ0) is 8.22. The minimum absolute atomic E-state index is 0.260. The standard InChI is InChI=1S/C10H14O/c1-6-4-9(11)8-5-7(6)10(8,2)3/h4,7-8H,5H2,1-3H3/t7-,8+/m0/s1. The first-order valence-electron chi connectivity index (χ1n) is 4.25. The van der Waals surface area contributed by atoms with Gasteiger partial charge in [0.25, 0.3) is 0 Å². The van der Waals surface area contributed by atoms with E-state index in [9.17, 15) is 4.79 Å². The highest BCUT2D eigenvalue weighted by Crippen LogP contribution is 2.57. The number of hydrogen-bond acceptors (Lipinski definition) is 1. The van der Waals surface area contributed by atoms with Crippen molar-refractivity contribution in [2.45, 2.75) is 27.2 Å². The Hall–Kier alpha value is -0.590. The fourth-order valence-electron chi connectivity index (χ4n) is 2.61. The van der Waals surface area contributed by atoms with E-state index in [0.717, 1.165) is 6.42 Å². The van der Waals surface area contributed by atoms with Crippen molar-refractivity contribution in [2.24, 2.45) is 17.3 Å². The molecule has 3 aliphatic rings. The molecule has 0 amide bonds. The maximum absolute atomic E-state index is 11.4. The summed E-state index contributed by atoms with van der Waals surface area (Å²) in [5, 5.41) is 0. The van der Waals surface area contributed by atoms with Crippen molar-refractivity contribution in [1.29, 1.82) is 0 Å². The highest BCUT2D eigenvalue weighted by molar-refractivity contribution is 5.95. The summed E-state index contributed by atoms with van der Waals surface area (Å²) in [4.78, 5) is 11.4. The number of carbonyl (C=O) groups is 1. The quantitative estimate of drug-likeness (QED) is 0.517. The van der Waals surface area contributed by atoms with Crippen molar-refractivity contribution in [3.05, 3.63) is 11.6 Å². The first-order chi connectivity index (χ1) is 5.03. The van der Waals surface area contributed by atoms with Crippen LogP contribution in [-0.2, 0) is 4.79 Å². The van der Waals surface area contributed by atoms with Crippen LogP contribution >= 0.6 is 0 Å². The van der Waals surface area contributed by atoms with E-state index < -0.39 is 0 Å². The lowest BCUT2D eigenvalue weighted by Crippen LogP contribution is -2.51. The van der Waals surface area contributed by atoms with Crippen LogP contribution in [0.2, 0.25) is 0 Å². The second kappa shape index (κ2) is 1.77. The van der Waals surface area contributed by atoms with Gasteiger partial charge >= 0.3 is 0 Å². The van der Waals surface area contributed by atoms with Gasteiger partial charge in [-0.15, -0.1) is 0 Å². The van der Waals surface area contributed by atoms with Crippen LogP contribution in [0.3, 0.4) is 0 Å². The number of ketones is 1. The molecule has 1 fully saturated rings. The Morgan fingerprint density at radius 3 is 2.45 bits per heavy atom. The molecule has 0 aromatic rings. The van der Waals surface area contributed by atoms with Crippen LogP contribution in [0, 0.1) is 17.3 Å². The Kier molecular flexibility index (Phi) is 1.14. The van der Waals surface area contributed by atoms with Crippen LogP contribution in [0.1, 0.15) is 27.2 Å². The Labute approximate surface area is 67.5 Å². The van der Waals surface area contributed by atoms with Crippen molar-refractivity contribution in [3.63, 3.8) is 0 Å². The van der Waals surface area contributed by atoms with Crippen molar-refractivity contribution >= 4 is 5.78 Å². The Bertz CT molecular complexity index is 248. The maximum Gasteiger partial charge on any atom is 0.159 e. The lowest BCUT2D eigenvalue weighted by atomic mass is 9.49. The molecule has 0 N–H and O–H groups in total. The van der Waals surface area contributed by atoms with E-state index in [1.165, 1.54) is 5.57 Å². The zero-order valence-electron chi connectivity index (χ0n) is 7.35. The molecule has 0 aromatic heterocycles. The molecule has 0 saturated heterocycles. The minimum Gasteiger partial charge on any atom is -0.295 e. The number of hydrogen-bond donors (Lipinski definition) is 0. The van der Waals surface area contributed by atoms with Gasteiger partial charge in [-0.3, -0.25) is 4.79 Å². The first kappa shape index (κ1) is 7.08. The summed E-state index contributed by atoms with van der Waals surface area (Å²) in [6.07, 6.45) is 2.94. The van der Waals surface area contributed by atoms with Gasteiger partial charge in [0, 0.05) is 5.92 Å². The highest BCUT2D eigenvalue weighted by atomic mass is 16.1. The van der Waals surface area contributed by atoms with Crippen molar-refractivity contribution in [3.8, 4) is 0 Å². The van der Waals surface area contributed by atoms with Gasteiger partial charge in [-0.2, -0.15) is 0 Å². The number of carbonyl (C=O) groups excluding carboxylic acids is 1. The second-order valence-electron chi connectivity index (χ2n) is 4.45. The SMILES string of the molecule is CC1=CC(=O)[C@H]2C[C@@H]1C2(C)C. The Morgan fingerprint density at radius 2 is 2.09 bits per heavy atom. The normalized spacial score (nSPS) is 39.5. The van der Waals surface area contributed by atoms with Gasteiger partial charge in [-0.1, -0.05) is 19.4 Å². The summed E-state index contributed by atoms with van der Waals surface area (Å²) in [5.41, 5.74) is 1.55. The predicted molar refractivity (Wildman–Crippen MR) is 44.1 cm³/mol. The summed E-state index contributed by atoms with van der Waals surface area (Å²) in [6, 6.07) is 0. The Morgan fingerprint density at radius 1 is 1.45 bits per heavy atom. The lowest BCUT2D eigenvalue weighted by Gasteiger charge is -2.54. The van der Waals surface area contributed by atoms with E-state index in [1.54, 1.807) is 0 Å². The molecule has 0 radical (unpaired) electrons. The molecule has 1 heteroatoms. The second-order valence-corrected chi connectivity index (χ2v) is 4.45. The monoisotopic (exact) mass is 150 g/mol. The average molecular weight is 150 g/mol. The molecule has 0 unspecified atom stereocenters. The molecule has 2 bridgehead atoms. The number of rotatable bonds is 0. The van der Waals surface area contributed by atoms with E-state index in [4.69, 9.17) is 0 Å². The van der Waals surface area contributed by atoms with E-state index in [0.29, 0.717) is 17.6 Å². The third kappa shape index (κ3) is 0.688. The van der Waals surface area contributed by atoms with Gasteiger partial charge in [0.15, 0.2) is 5.78 Å². The van der Waals surface area contributed by atoms with Gasteiger partial charge in [0.05, 0.1) is 0 Å². The van der Waals surface area contributed by atoms with Gasteiger partial charge in [0.1, 0.15) is 0 Å². The minimum atomic E-state index is 0.260. The smallest absolute Gasteiger partial charge is 0.159 e. The predicted octanol–water partition coefficient (Wildman–Crippen LogP) is 2.18. The van der Waals surface area contributed by atoms with Gasteiger partial charge < -0.3 is 0 Å². The largest absolute Gasteiger partial charge is 0.295 e. The first-order valence-corrected chi connectivity index (χ1v) is 4.25. The van der Waals surface area contributed by atoms with Crippen LogP contribution in [0.25, 0.3) is 0 Å². The molecule has 1 saturated carbocycles. The molecule has 3 aliphatic carbocycles. The molecule has 0 heterocycles. The number of fused-ring (bicyclic) bond motifs is 1. The molecule has 1 nitrogen and oxygen atoms in total. The summed E-state index contributed by atoms with van der Waals surface area (Å²) >= 11 is 0. The van der Waals surface area contributed by atoms with Gasteiger partial charge in [-0.05, 0) is 30.8 Å². The summed E-state index contributed by atoms with van der Waals surface area (Å²) in [6.45, 7) is 6.50. The summed E-state index contributed by atoms with van der Waals surface area (Å²) in [5.74, 6) is 1.37. The fourth-order valence-corrected chi connectivity index (χ4v) is 2.61. The van der Waals surface area contributed by atoms with Crippen LogP contribution in [-0.4, -0.2) is 5.78 Å². The molecule has 0 aliphatic heterocycles. The molecule has 0 spiro atoms. The van der Waals surface area contributed by atoms with Gasteiger partial charge in [0.2, 0.25) is 0 Å². The average Bonchev–Trinajstić information content (AvgIpc) is 1.84. The van der Waals surface area contributed by atoms with E-state index >= 15 is 0 Å². The molecule has 11 heavy (non-hydrogen) atoms. The lowest BCUT2D eigenvalue weighted by molar-refractivity contribution is -0.133. The summed E-state index contributed by atoms with van der Waals surface area (Å²) < 4.78 is 0. The van der Waals surface area contributed by atoms with Crippen LogP contribution in [0.5, 0.6) is 0 Å². The van der Waals surface area contributed by atoms with Crippen molar-refractivity contribution in [2.75, 3.05) is 0 Å². The Balaban J connectivity index is 2.42. The molecule has 2 atom stereocenters. The van der Waals surface area contributed by atoms with Crippen LogP contribution in [0.15, 0.2) is 11.6 Å². The summed E-state index contributed by atoms with van der Waals surface area (Å²) in [7, 11) is 0. The fraction of sp³-hybridized carbons (Fsp3) is 0.700. The van der Waals surface area contributed by atoms with Crippen molar-refractivity contribution in [1.82, 2.24) is 0 Å². The van der Waals surface area contributed by atoms with E-state index in [1.807, 2.05) is 6.08 Å². The molecule has 60 valence electrons. The zero-order valence-corrected chi connectivity index (χ0v) is 7.35. The topological polar surface area (TPSA) is 17.1 Å². The van der Waals surface area contributed by atoms with E-state index in [2.05, 4.69) is 20.8 Å². The third-order valence-corrected chi connectivity index (χ3v) is 3.53. The van der Waals surface area contributed by atoms with E-state index in [-0.39, 0.29) is 5.41 Å². The molecule has 0 aromatic carbocycles. The van der Waals surface area contributed by atoms with Gasteiger partial charge in [-0.25, -0.2) is 0 Å². The third-order valence-electron chi connectivity index (χ3n) is 3.53. The van der Waals surface area contributed by atoms with Crippen LogP contribution in [0.4, 0.5) is 0 Å². The molecular weight excluding hydrogens is 136 g/mol.